The van der Waals surface area contributed by atoms with Gasteiger partial charge in [0.05, 0.1) is 4.90 Å². The van der Waals surface area contributed by atoms with E-state index in [0.717, 1.165) is 5.56 Å². The van der Waals surface area contributed by atoms with Crippen molar-refractivity contribution in [2.45, 2.75) is 85.7 Å². The molecule has 0 fully saturated rings. The second-order valence-electron chi connectivity index (χ2n) is 9.95. The van der Waals surface area contributed by atoms with Crippen molar-refractivity contribution in [3.05, 3.63) is 29.8 Å². The van der Waals surface area contributed by atoms with Crippen LogP contribution >= 0.6 is 9.24 Å². The van der Waals surface area contributed by atoms with Gasteiger partial charge in [0.15, 0.2) is 0 Å². The van der Waals surface area contributed by atoms with Crippen molar-refractivity contribution >= 4 is 19.4 Å². The molecule has 0 spiro atoms. The molecule has 0 aliphatic rings. The minimum Gasteiger partial charge on any atom is -0.282 e. The Morgan fingerprint density at radius 3 is 1.28 bits per heavy atom. The van der Waals surface area contributed by atoms with Crippen molar-refractivity contribution in [3.63, 3.8) is 0 Å². The van der Waals surface area contributed by atoms with Crippen molar-refractivity contribution < 1.29 is 13.0 Å². The number of aryl methyl sites for hydroxylation is 1. The smallest absolute Gasteiger partial charge is 0.282 e. The summed E-state index contributed by atoms with van der Waals surface area (Å²) in [7, 11) is -1.30. The maximum atomic E-state index is 10.5. The number of rotatable bonds is 1. The summed E-state index contributed by atoms with van der Waals surface area (Å²) < 4.78 is 29.6. The molecule has 1 unspecified atom stereocenters. The molecule has 0 bridgehead atoms. The number of hydrogen-bond acceptors (Lipinski definition) is 2. The highest BCUT2D eigenvalue weighted by Crippen LogP contribution is 2.31. The van der Waals surface area contributed by atoms with Crippen LogP contribution in [0.5, 0.6) is 0 Å². The maximum absolute atomic E-state index is 10.5. The zero-order valence-corrected chi connectivity index (χ0v) is 19.7. The Labute approximate surface area is 159 Å². The summed E-state index contributed by atoms with van der Waals surface area (Å²) >= 11 is 0. The molecule has 0 aliphatic heterocycles. The molecule has 1 atom stereocenters. The van der Waals surface area contributed by atoms with E-state index in [0.29, 0.717) is 16.0 Å². The average molecular weight is 391 g/mol. The molecule has 1 aromatic rings. The van der Waals surface area contributed by atoms with Crippen LogP contribution in [0.15, 0.2) is 29.2 Å². The second-order valence-corrected chi connectivity index (χ2v) is 13.1. The summed E-state index contributed by atoms with van der Waals surface area (Å²) in [6, 6.07) is 5.99. The highest BCUT2D eigenvalue weighted by molar-refractivity contribution is 7.85. The third-order valence-corrected chi connectivity index (χ3v) is 3.25. The standard InChI is InChI=1S/C9H20.C7H8O3S.C4H11P/c1-8(2,3)7-9(4,5)6;1-6-2-4-7(5-3-6)11(8,9)10;1-4(2,3)5/h7H2,1-6H3;2-5H,1H3,(H,8,9,10);5H2,1-3H3. The van der Waals surface area contributed by atoms with Crippen molar-refractivity contribution in [2.24, 2.45) is 10.8 Å². The number of hydrogen-bond donors (Lipinski definition) is 1. The molecule has 0 radical (unpaired) electrons. The van der Waals surface area contributed by atoms with E-state index in [1.807, 2.05) is 6.92 Å². The lowest BCUT2D eigenvalue weighted by Gasteiger charge is -2.28. The highest BCUT2D eigenvalue weighted by Gasteiger charge is 2.20. The minimum absolute atomic E-state index is 0.0666. The fraction of sp³-hybridized carbons (Fsp3) is 0.700. The van der Waals surface area contributed by atoms with Crippen LogP contribution in [-0.2, 0) is 10.1 Å². The quantitative estimate of drug-likeness (QED) is 0.448. The van der Waals surface area contributed by atoms with Gasteiger partial charge < -0.3 is 0 Å². The molecule has 0 aromatic heterocycles. The third kappa shape index (κ3) is 23.6. The Morgan fingerprint density at radius 1 is 0.840 bits per heavy atom. The summed E-state index contributed by atoms with van der Waals surface area (Å²) in [4.78, 5) is -0.0666. The normalized spacial score (nSPS) is 12.5. The van der Waals surface area contributed by atoms with Gasteiger partial charge >= 0.3 is 0 Å². The summed E-state index contributed by atoms with van der Waals surface area (Å²) in [5, 5.41) is 0.417. The van der Waals surface area contributed by atoms with E-state index >= 15 is 0 Å². The summed E-state index contributed by atoms with van der Waals surface area (Å²) in [5.74, 6) is 0. The molecule has 0 amide bonds. The Kier molecular flexibility index (Phi) is 10.8. The first-order chi connectivity index (χ1) is 10.7. The Balaban J connectivity index is 0. The van der Waals surface area contributed by atoms with Gasteiger partial charge in [0, 0.05) is 0 Å². The van der Waals surface area contributed by atoms with Crippen molar-refractivity contribution in [1.29, 1.82) is 0 Å². The third-order valence-electron chi connectivity index (χ3n) is 2.38. The van der Waals surface area contributed by atoms with Crippen LogP contribution < -0.4 is 0 Å². The molecule has 1 rings (SSSR count). The average Bonchev–Trinajstić information content (AvgIpc) is 2.21. The first-order valence-corrected chi connectivity index (χ1v) is 10.6. The van der Waals surface area contributed by atoms with Crippen LogP contribution in [0.1, 0.15) is 74.3 Å². The van der Waals surface area contributed by atoms with Crippen LogP contribution in [-0.4, -0.2) is 18.1 Å². The molecule has 25 heavy (non-hydrogen) atoms. The van der Waals surface area contributed by atoms with E-state index < -0.39 is 10.1 Å². The molecule has 148 valence electrons. The first kappa shape index (κ1) is 26.8. The molecule has 0 saturated heterocycles. The molecule has 3 nitrogen and oxygen atoms in total. The fourth-order valence-electron chi connectivity index (χ4n) is 2.30. The topological polar surface area (TPSA) is 54.4 Å². The van der Waals surface area contributed by atoms with Crippen molar-refractivity contribution in [2.75, 3.05) is 0 Å². The summed E-state index contributed by atoms with van der Waals surface area (Å²) in [6.45, 7) is 22.0. The van der Waals surface area contributed by atoms with Gasteiger partial charge in [0.1, 0.15) is 0 Å². The summed E-state index contributed by atoms with van der Waals surface area (Å²) in [6.07, 6.45) is 1.29. The predicted octanol–water partition coefficient (Wildman–Crippen LogP) is 6.37. The van der Waals surface area contributed by atoms with Crippen LogP contribution in [0.3, 0.4) is 0 Å². The highest BCUT2D eigenvalue weighted by atomic mass is 32.2. The monoisotopic (exact) mass is 390 g/mol. The SMILES string of the molecule is CC(C)(C)CC(C)(C)C.CC(C)(C)P.Cc1ccc(S(=O)(=O)O)cc1. The second kappa shape index (κ2) is 10.0. The van der Waals surface area contributed by atoms with E-state index in [1.165, 1.54) is 18.6 Å². The van der Waals surface area contributed by atoms with Crippen LogP contribution in [0.4, 0.5) is 0 Å². The molecule has 5 heteroatoms. The first-order valence-electron chi connectivity index (χ1n) is 8.54. The molecule has 0 aliphatic carbocycles. The molecule has 1 N–H and O–H groups in total. The van der Waals surface area contributed by atoms with Gasteiger partial charge in [0.2, 0.25) is 0 Å². The number of benzene rings is 1. The fourth-order valence-corrected chi connectivity index (χ4v) is 2.78. The van der Waals surface area contributed by atoms with Gasteiger partial charge in [-0.05, 0) is 41.5 Å². The lowest BCUT2D eigenvalue weighted by molar-refractivity contribution is 0.233. The largest absolute Gasteiger partial charge is 0.294 e. The Morgan fingerprint density at radius 2 is 1.12 bits per heavy atom. The molecule has 1 aromatic carbocycles. The van der Waals surface area contributed by atoms with Gasteiger partial charge in [0.25, 0.3) is 10.1 Å². The van der Waals surface area contributed by atoms with Crippen LogP contribution in [0.2, 0.25) is 0 Å². The van der Waals surface area contributed by atoms with Gasteiger partial charge in [-0.25, -0.2) is 0 Å². The van der Waals surface area contributed by atoms with Crippen LogP contribution in [0.25, 0.3) is 0 Å². The zero-order chi connectivity index (χ0) is 20.7. The van der Waals surface area contributed by atoms with E-state index in [2.05, 4.69) is 71.6 Å². The van der Waals surface area contributed by atoms with E-state index in [1.54, 1.807) is 12.1 Å². The van der Waals surface area contributed by atoms with E-state index in [9.17, 15) is 8.42 Å². The lowest BCUT2D eigenvalue weighted by atomic mass is 9.78. The molecule has 0 heterocycles. The molecular formula is C20H39O3PS. The molecule has 0 saturated carbocycles. The van der Waals surface area contributed by atoms with Crippen LogP contribution in [0, 0.1) is 17.8 Å². The minimum atomic E-state index is -4.02. The maximum Gasteiger partial charge on any atom is 0.294 e. The van der Waals surface area contributed by atoms with E-state index in [4.69, 9.17) is 4.55 Å². The molecular weight excluding hydrogens is 351 g/mol. The summed E-state index contributed by atoms with van der Waals surface area (Å²) in [5.41, 5.74) is 1.92. The lowest BCUT2D eigenvalue weighted by Crippen LogP contribution is -2.16. The van der Waals surface area contributed by atoms with Crippen molar-refractivity contribution in [1.82, 2.24) is 0 Å². The van der Waals surface area contributed by atoms with Gasteiger partial charge in [-0.3, -0.25) is 4.55 Å². The zero-order valence-electron chi connectivity index (χ0n) is 17.8. The van der Waals surface area contributed by atoms with E-state index in [-0.39, 0.29) is 4.90 Å². The predicted molar refractivity (Wildman–Crippen MR) is 114 cm³/mol. The Hall–Kier alpha value is -0.440. The Bertz CT molecular complexity index is 566. The van der Waals surface area contributed by atoms with Gasteiger partial charge in [-0.2, -0.15) is 8.42 Å². The van der Waals surface area contributed by atoms with Crippen molar-refractivity contribution in [3.8, 4) is 0 Å². The van der Waals surface area contributed by atoms with Gasteiger partial charge in [-0.15, -0.1) is 9.24 Å². The van der Waals surface area contributed by atoms with Gasteiger partial charge in [-0.1, -0.05) is 80.0 Å².